The summed E-state index contributed by atoms with van der Waals surface area (Å²) in [6.45, 7) is 1.87. The molecule has 4 amide bonds. The van der Waals surface area contributed by atoms with E-state index in [1.807, 2.05) is 19.1 Å². The lowest BCUT2D eigenvalue weighted by molar-refractivity contribution is -0.117. The lowest BCUT2D eigenvalue weighted by atomic mass is 10.1. The highest BCUT2D eigenvalue weighted by molar-refractivity contribution is 6.06. The highest BCUT2D eigenvalue weighted by Crippen LogP contribution is 2.31. The molecular weight excluding hydrogens is 332 g/mol. The zero-order valence-electron chi connectivity index (χ0n) is 14.3. The molecule has 0 aromatic heterocycles. The van der Waals surface area contributed by atoms with E-state index in [2.05, 4.69) is 16.0 Å². The number of benzene rings is 2. The fourth-order valence-electron chi connectivity index (χ4n) is 2.50. The van der Waals surface area contributed by atoms with Crippen LogP contribution in [-0.4, -0.2) is 17.8 Å². The third-order valence-electron chi connectivity index (χ3n) is 4.09. The maximum absolute atomic E-state index is 12.5. The summed E-state index contributed by atoms with van der Waals surface area (Å²) in [5.41, 5.74) is 8.03. The maximum Gasteiger partial charge on any atom is 0.316 e. The molecule has 3 rings (SSSR count). The summed E-state index contributed by atoms with van der Waals surface area (Å²) in [5, 5.41) is 8.13. The molecule has 1 aliphatic rings. The first-order valence-electron chi connectivity index (χ1n) is 8.32. The second-order valence-electron chi connectivity index (χ2n) is 6.32. The molecule has 134 valence electrons. The number of primary amides is 1. The molecular formula is C19H20N4O3. The van der Waals surface area contributed by atoms with Gasteiger partial charge < -0.3 is 21.7 Å². The second-order valence-corrected chi connectivity index (χ2v) is 6.32. The molecule has 5 N–H and O–H groups in total. The van der Waals surface area contributed by atoms with Crippen molar-refractivity contribution in [2.24, 2.45) is 11.7 Å². The number of hydrogen-bond donors (Lipinski definition) is 4. The van der Waals surface area contributed by atoms with Crippen LogP contribution in [0.15, 0.2) is 42.5 Å². The van der Waals surface area contributed by atoms with Crippen LogP contribution in [-0.2, 0) is 4.79 Å². The zero-order chi connectivity index (χ0) is 18.7. The van der Waals surface area contributed by atoms with E-state index in [0.717, 1.165) is 18.4 Å². The van der Waals surface area contributed by atoms with Crippen molar-refractivity contribution in [3.05, 3.63) is 53.6 Å². The number of nitrogens with one attached hydrogen (secondary N) is 3. The summed E-state index contributed by atoms with van der Waals surface area (Å²) in [6, 6.07) is 11.1. The topological polar surface area (TPSA) is 113 Å². The molecule has 0 radical (unpaired) electrons. The lowest BCUT2D eigenvalue weighted by Gasteiger charge is -2.12. The third-order valence-corrected chi connectivity index (χ3v) is 4.09. The van der Waals surface area contributed by atoms with Gasteiger partial charge in [-0.3, -0.25) is 9.59 Å². The Hall–Kier alpha value is -3.35. The SMILES string of the molecule is Cc1ccc(NC(=O)C2CC2)cc1NC(=O)c1cccc(NC(N)=O)c1. The number of rotatable bonds is 5. The molecule has 1 aliphatic carbocycles. The molecule has 2 aromatic rings. The van der Waals surface area contributed by atoms with Gasteiger partial charge in [0.25, 0.3) is 5.91 Å². The van der Waals surface area contributed by atoms with E-state index in [9.17, 15) is 14.4 Å². The van der Waals surface area contributed by atoms with Crippen molar-refractivity contribution in [3.8, 4) is 0 Å². The van der Waals surface area contributed by atoms with E-state index in [-0.39, 0.29) is 17.7 Å². The van der Waals surface area contributed by atoms with Gasteiger partial charge in [-0.25, -0.2) is 4.79 Å². The summed E-state index contributed by atoms with van der Waals surface area (Å²) < 4.78 is 0. The monoisotopic (exact) mass is 352 g/mol. The molecule has 1 fully saturated rings. The minimum Gasteiger partial charge on any atom is -0.351 e. The van der Waals surface area contributed by atoms with Crippen molar-refractivity contribution in [2.45, 2.75) is 19.8 Å². The summed E-state index contributed by atoms with van der Waals surface area (Å²) in [6.07, 6.45) is 1.86. The van der Waals surface area contributed by atoms with Crippen LogP contribution in [0.2, 0.25) is 0 Å². The third kappa shape index (κ3) is 4.38. The van der Waals surface area contributed by atoms with Crippen LogP contribution in [0.5, 0.6) is 0 Å². The minimum atomic E-state index is -0.697. The molecule has 0 aliphatic heterocycles. The number of carbonyl (C=O) groups is 3. The molecule has 1 saturated carbocycles. The standard InChI is InChI=1S/C19H20N4O3/c1-11-5-8-15(21-17(24)12-6-7-12)10-16(11)23-18(25)13-3-2-4-14(9-13)22-19(20)26/h2-5,8-10,12H,6-7H2,1H3,(H,21,24)(H,23,25)(H3,20,22,26). The molecule has 0 heterocycles. The summed E-state index contributed by atoms with van der Waals surface area (Å²) in [7, 11) is 0. The Kier molecular flexibility index (Phi) is 4.88. The van der Waals surface area contributed by atoms with Gasteiger partial charge in [0.1, 0.15) is 0 Å². The van der Waals surface area contributed by atoms with E-state index in [1.165, 1.54) is 6.07 Å². The number of aryl methyl sites for hydroxylation is 1. The van der Waals surface area contributed by atoms with Gasteiger partial charge in [-0.2, -0.15) is 0 Å². The Balaban J connectivity index is 1.74. The molecule has 0 spiro atoms. The van der Waals surface area contributed by atoms with Gasteiger partial charge in [-0.05, 0) is 55.7 Å². The number of anilines is 3. The van der Waals surface area contributed by atoms with Crippen LogP contribution in [0.1, 0.15) is 28.8 Å². The summed E-state index contributed by atoms with van der Waals surface area (Å²) in [5.74, 6) is -0.210. The first-order valence-corrected chi connectivity index (χ1v) is 8.32. The van der Waals surface area contributed by atoms with Gasteiger partial charge in [-0.15, -0.1) is 0 Å². The zero-order valence-corrected chi connectivity index (χ0v) is 14.3. The van der Waals surface area contributed by atoms with E-state index < -0.39 is 6.03 Å². The van der Waals surface area contributed by atoms with Crippen molar-refractivity contribution in [2.75, 3.05) is 16.0 Å². The van der Waals surface area contributed by atoms with Crippen LogP contribution >= 0.6 is 0 Å². The number of hydrogen-bond acceptors (Lipinski definition) is 3. The first kappa shape index (κ1) is 17.5. The first-order chi connectivity index (χ1) is 12.4. The Bertz CT molecular complexity index is 875. The normalized spacial score (nSPS) is 13.0. The van der Waals surface area contributed by atoms with Gasteiger partial charge >= 0.3 is 6.03 Å². The average Bonchev–Trinajstić information content (AvgIpc) is 3.42. The number of urea groups is 1. The van der Waals surface area contributed by atoms with E-state index in [1.54, 1.807) is 24.3 Å². The molecule has 0 unspecified atom stereocenters. The Morgan fingerprint density at radius 2 is 1.69 bits per heavy atom. The van der Waals surface area contributed by atoms with Gasteiger partial charge in [-0.1, -0.05) is 12.1 Å². The van der Waals surface area contributed by atoms with E-state index in [4.69, 9.17) is 5.73 Å². The van der Waals surface area contributed by atoms with Crippen LogP contribution in [0.25, 0.3) is 0 Å². The molecule has 0 bridgehead atoms. The predicted molar refractivity (Wildman–Crippen MR) is 100 cm³/mol. The molecule has 26 heavy (non-hydrogen) atoms. The largest absolute Gasteiger partial charge is 0.351 e. The van der Waals surface area contributed by atoms with Crippen LogP contribution in [0, 0.1) is 12.8 Å². The predicted octanol–water partition coefficient (Wildman–Crippen LogP) is 3.09. The molecule has 7 heteroatoms. The van der Waals surface area contributed by atoms with E-state index >= 15 is 0 Å². The average molecular weight is 352 g/mol. The quantitative estimate of drug-likeness (QED) is 0.663. The van der Waals surface area contributed by atoms with E-state index in [0.29, 0.717) is 22.6 Å². The number of nitrogens with two attached hydrogens (primary N) is 1. The minimum absolute atomic E-state index is 0.0105. The fourth-order valence-corrected chi connectivity index (χ4v) is 2.50. The van der Waals surface area contributed by atoms with Gasteiger partial charge in [0.2, 0.25) is 5.91 Å². The molecule has 7 nitrogen and oxygen atoms in total. The van der Waals surface area contributed by atoms with Crippen molar-refractivity contribution in [3.63, 3.8) is 0 Å². The Labute approximate surface area is 151 Å². The summed E-state index contributed by atoms with van der Waals surface area (Å²) >= 11 is 0. The number of carbonyl (C=O) groups excluding carboxylic acids is 3. The summed E-state index contributed by atoms with van der Waals surface area (Å²) in [4.78, 5) is 35.4. The fraction of sp³-hybridized carbons (Fsp3) is 0.211. The highest BCUT2D eigenvalue weighted by Gasteiger charge is 2.29. The van der Waals surface area contributed by atoms with Gasteiger partial charge in [0, 0.05) is 28.5 Å². The lowest BCUT2D eigenvalue weighted by Crippen LogP contribution is -2.20. The van der Waals surface area contributed by atoms with Crippen LogP contribution in [0.4, 0.5) is 21.9 Å². The molecule has 0 saturated heterocycles. The Morgan fingerprint density at radius 1 is 0.962 bits per heavy atom. The van der Waals surface area contributed by atoms with Gasteiger partial charge in [0.05, 0.1) is 0 Å². The second kappa shape index (κ2) is 7.26. The van der Waals surface area contributed by atoms with Crippen LogP contribution < -0.4 is 21.7 Å². The Morgan fingerprint density at radius 3 is 2.38 bits per heavy atom. The van der Waals surface area contributed by atoms with Gasteiger partial charge in [0.15, 0.2) is 0 Å². The smallest absolute Gasteiger partial charge is 0.316 e. The maximum atomic E-state index is 12.5. The van der Waals surface area contributed by atoms with Crippen molar-refractivity contribution in [1.29, 1.82) is 0 Å². The van der Waals surface area contributed by atoms with Crippen molar-refractivity contribution >= 4 is 34.9 Å². The van der Waals surface area contributed by atoms with Crippen LogP contribution in [0.3, 0.4) is 0 Å². The molecule has 2 aromatic carbocycles. The van der Waals surface area contributed by atoms with Crippen molar-refractivity contribution in [1.82, 2.24) is 0 Å². The number of amides is 4. The van der Waals surface area contributed by atoms with Crippen molar-refractivity contribution < 1.29 is 14.4 Å². The highest BCUT2D eigenvalue weighted by atomic mass is 16.2. The molecule has 0 atom stereocenters.